The highest BCUT2D eigenvalue weighted by Gasteiger charge is 2.14. The second kappa shape index (κ2) is 6.12. The van der Waals surface area contributed by atoms with Crippen LogP contribution < -0.4 is 0 Å². The Morgan fingerprint density at radius 3 is 2.82 bits per heavy atom. The molecule has 0 radical (unpaired) electrons. The molecule has 0 fully saturated rings. The molecule has 0 aliphatic rings. The Balaban J connectivity index is 3.09. The molecule has 1 rings (SSSR count). The zero-order valence-corrected chi connectivity index (χ0v) is 10.1. The first-order valence-corrected chi connectivity index (χ1v) is 5.62. The number of aromatic hydroxyl groups is 1. The number of esters is 1. The van der Waals surface area contributed by atoms with Gasteiger partial charge in [0.15, 0.2) is 0 Å². The lowest BCUT2D eigenvalue weighted by Gasteiger charge is -2.09. The first-order chi connectivity index (χ1) is 8.13. The van der Waals surface area contributed by atoms with Gasteiger partial charge in [-0.15, -0.1) is 11.6 Å². The van der Waals surface area contributed by atoms with E-state index in [1.54, 1.807) is 13.0 Å². The summed E-state index contributed by atoms with van der Waals surface area (Å²) in [7, 11) is 0. The summed E-state index contributed by atoms with van der Waals surface area (Å²) < 4.78 is 4.82. The van der Waals surface area contributed by atoms with E-state index in [0.29, 0.717) is 17.7 Å². The number of carbonyl (C=O) groups excluding carboxylic acids is 1. The van der Waals surface area contributed by atoms with Crippen LogP contribution in [0.15, 0.2) is 12.1 Å². The van der Waals surface area contributed by atoms with Crippen LogP contribution in [-0.4, -0.2) is 17.7 Å². The Bertz CT molecular complexity index is 466. The third-order valence-corrected chi connectivity index (χ3v) is 2.54. The van der Waals surface area contributed by atoms with Gasteiger partial charge in [0, 0.05) is 5.88 Å². The maximum absolute atomic E-state index is 11.4. The van der Waals surface area contributed by atoms with Gasteiger partial charge < -0.3 is 9.84 Å². The van der Waals surface area contributed by atoms with Crippen LogP contribution in [0.4, 0.5) is 0 Å². The van der Waals surface area contributed by atoms with Crippen molar-refractivity contribution in [2.75, 3.05) is 6.61 Å². The molecule has 0 bridgehead atoms. The highest BCUT2D eigenvalue weighted by Crippen LogP contribution is 2.25. The highest BCUT2D eigenvalue weighted by atomic mass is 35.5. The first-order valence-electron chi connectivity index (χ1n) is 5.09. The summed E-state index contributed by atoms with van der Waals surface area (Å²) in [5, 5.41) is 18.4. The van der Waals surface area contributed by atoms with Crippen molar-refractivity contribution in [1.29, 1.82) is 5.26 Å². The van der Waals surface area contributed by atoms with E-state index in [1.807, 2.05) is 6.07 Å². The molecular formula is C12H12ClNO3. The van der Waals surface area contributed by atoms with Gasteiger partial charge >= 0.3 is 5.97 Å². The van der Waals surface area contributed by atoms with Gasteiger partial charge in [-0.1, -0.05) is 6.07 Å². The fourth-order valence-corrected chi connectivity index (χ4v) is 1.79. The largest absolute Gasteiger partial charge is 0.507 e. The maximum atomic E-state index is 11.4. The van der Waals surface area contributed by atoms with Crippen LogP contribution in [0.5, 0.6) is 5.75 Å². The molecule has 0 saturated heterocycles. The van der Waals surface area contributed by atoms with E-state index in [0.717, 1.165) is 0 Å². The number of phenolic OH excluding ortho intramolecular Hbond substituents is 1. The second-order valence-corrected chi connectivity index (χ2v) is 3.59. The predicted octanol–water partition coefficient (Wildman–Crippen LogP) is 2.11. The summed E-state index contributed by atoms with van der Waals surface area (Å²) in [5.41, 5.74) is 1.19. The fraction of sp³-hybridized carbons (Fsp3) is 0.333. The maximum Gasteiger partial charge on any atom is 0.310 e. The van der Waals surface area contributed by atoms with Gasteiger partial charge in [-0.2, -0.15) is 5.26 Å². The van der Waals surface area contributed by atoms with Gasteiger partial charge in [0.1, 0.15) is 11.8 Å². The van der Waals surface area contributed by atoms with Crippen LogP contribution in [-0.2, 0) is 21.8 Å². The molecule has 1 aromatic rings. The molecule has 0 saturated carbocycles. The Kier molecular flexibility index (Phi) is 4.80. The molecule has 17 heavy (non-hydrogen) atoms. The number of carbonyl (C=O) groups is 1. The van der Waals surface area contributed by atoms with Crippen molar-refractivity contribution in [1.82, 2.24) is 0 Å². The SMILES string of the molecule is CCOC(=O)Cc1ccc(O)c(C#N)c1CCl. The lowest BCUT2D eigenvalue weighted by Crippen LogP contribution is -2.09. The molecule has 0 atom stereocenters. The number of halogens is 1. The van der Waals surface area contributed by atoms with E-state index in [-0.39, 0.29) is 29.6 Å². The van der Waals surface area contributed by atoms with Crippen LogP contribution in [0.2, 0.25) is 0 Å². The standard InChI is InChI=1S/C12H12ClNO3/c1-2-17-12(16)5-8-3-4-11(15)10(7-14)9(8)6-13/h3-4,15H,2,5-6H2,1H3. The molecule has 0 aliphatic heterocycles. The Morgan fingerprint density at radius 2 is 2.29 bits per heavy atom. The molecule has 0 aliphatic carbocycles. The number of phenols is 1. The number of hydrogen-bond donors (Lipinski definition) is 1. The van der Waals surface area contributed by atoms with Crippen LogP contribution in [0.1, 0.15) is 23.6 Å². The predicted molar refractivity (Wildman–Crippen MR) is 62.7 cm³/mol. The minimum atomic E-state index is -0.381. The van der Waals surface area contributed by atoms with Gasteiger partial charge in [-0.25, -0.2) is 0 Å². The number of benzene rings is 1. The third kappa shape index (κ3) is 3.11. The van der Waals surface area contributed by atoms with Crippen molar-refractivity contribution in [3.05, 3.63) is 28.8 Å². The molecule has 5 heteroatoms. The summed E-state index contributed by atoms with van der Waals surface area (Å²) >= 11 is 5.73. The third-order valence-electron chi connectivity index (χ3n) is 2.27. The lowest BCUT2D eigenvalue weighted by atomic mass is 10.00. The minimum absolute atomic E-state index is 0.0465. The van der Waals surface area contributed by atoms with Crippen LogP contribution >= 0.6 is 11.6 Å². The Hall–Kier alpha value is -1.73. The quantitative estimate of drug-likeness (QED) is 0.659. The normalized spacial score (nSPS) is 9.71. The van der Waals surface area contributed by atoms with Gasteiger partial charge in [0.05, 0.1) is 18.6 Å². The summed E-state index contributed by atoms with van der Waals surface area (Å²) in [5.74, 6) is -0.448. The highest BCUT2D eigenvalue weighted by molar-refractivity contribution is 6.17. The average molecular weight is 254 g/mol. The molecule has 0 spiro atoms. The van der Waals surface area contributed by atoms with E-state index in [1.165, 1.54) is 6.07 Å². The smallest absolute Gasteiger partial charge is 0.310 e. The minimum Gasteiger partial charge on any atom is -0.507 e. The zero-order valence-electron chi connectivity index (χ0n) is 9.36. The molecular weight excluding hydrogens is 242 g/mol. The summed E-state index contributed by atoms with van der Waals surface area (Å²) in [6.07, 6.45) is 0.0465. The molecule has 90 valence electrons. The van der Waals surface area contributed by atoms with Crippen LogP contribution in [0.3, 0.4) is 0 Å². The van der Waals surface area contributed by atoms with E-state index < -0.39 is 0 Å². The van der Waals surface area contributed by atoms with Gasteiger partial charge in [0.2, 0.25) is 0 Å². The van der Waals surface area contributed by atoms with Crippen molar-refractivity contribution >= 4 is 17.6 Å². The van der Waals surface area contributed by atoms with E-state index in [4.69, 9.17) is 21.6 Å². The Labute approximate surface area is 104 Å². The first kappa shape index (κ1) is 13.3. The summed E-state index contributed by atoms with van der Waals surface area (Å²) in [6, 6.07) is 4.83. The number of ether oxygens (including phenoxy) is 1. The van der Waals surface area contributed by atoms with E-state index >= 15 is 0 Å². The molecule has 0 aromatic heterocycles. The molecule has 1 aromatic carbocycles. The summed E-state index contributed by atoms with van der Waals surface area (Å²) in [4.78, 5) is 11.4. The molecule has 0 unspecified atom stereocenters. The summed E-state index contributed by atoms with van der Waals surface area (Å²) in [6.45, 7) is 2.02. The number of alkyl halides is 1. The number of hydrogen-bond acceptors (Lipinski definition) is 4. The van der Waals surface area contributed by atoms with Crippen LogP contribution in [0.25, 0.3) is 0 Å². The molecule has 4 nitrogen and oxygen atoms in total. The number of nitrogens with zero attached hydrogens (tertiary/aromatic N) is 1. The van der Waals surface area contributed by atoms with Gasteiger partial charge in [-0.3, -0.25) is 4.79 Å². The fourth-order valence-electron chi connectivity index (χ4n) is 1.49. The Morgan fingerprint density at radius 1 is 1.59 bits per heavy atom. The molecule has 1 N–H and O–H groups in total. The zero-order chi connectivity index (χ0) is 12.8. The van der Waals surface area contributed by atoms with E-state index in [2.05, 4.69) is 0 Å². The monoisotopic (exact) mass is 253 g/mol. The molecule has 0 amide bonds. The van der Waals surface area contributed by atoms with Crippen molar-refractivity contribution in [3.8, 4) is 11.8 Å². The van der Waals surface area contributed by atoms with E-state index in [9.17, 15) is 9.90 Å². The second-order valence-electron chi connectivity index (χ2n) is 3.32. The average Bonchev–Trinajstić information content (AvgIpc) is 2.31. The van der Waals surface area contributed by atoms with Crippen molar-refractivity contribution in [2.45, 2.75) is 19.2 Å². The van der Waals surface area contributed by atoms with Crippen LogP contribution in [0, 0.1) is 11.3 Å². The lowest BCUT2D eigenvalue weighted by molar-refractivity contribution is -0.142. The van der Waals surface area contributed by atoms with Crippen molar-refractivity contribution in [3.63, 3.8) is 0 Å². The number of nitriles is 1. The van der Waals surface area contributed by atoms with Crippen molar-refractivity contribution < 1.29 is 14.6 Å². The van der Waals surface area contributed by atoms with Crippen molar-refractivity contribution in [2.24, 2.45) is 0 Å². The topological polar surface area (TPSA) is 70.3 Å². The van der Waals surface area contributed by atoms with Gasteiger partial charge in [0.25, 0.3) is 0 Å². The van der Waals surface area contributed by atoms with Gasteiger partial charge in [-0.05, 0) is 24.1 Å². The molecule has 0 heterocycles. The number of rotatable bonds is 4.